The van der Waals surface area contributed by atoms with E-state index in [0.717, 1.165) is 21.9 Å². The van der Waals surface area contributed by atoms with E-state index in [1.165, 1.54) is 0 Å². The standard InChI is InChI=1S/C15H21N3OS.ClH/c1-11(2)14(19)18(10-9-17(3)4)15-16-12-7-5-6-8-13(12)20-15;/h5-8,11H,9-10H2,1-4H3;1H. The first-order valence-electron chi connectivity index (χ1n) is 6.80. The molecule has 0 aliphatic heterocycles. The van der Waals surface area contributed by atoms with Gasteiger partial charge in [-0.1, -0.05) is 37.3 Å². The third-order valence-corrected chi connectivity index (χ3v) is 4.10. The van der Waals surface area contributed by atoms with Crippen LogP contribution in [0.3, 0.4) is 0 Å². The van der Waals surface area contributed by atoms with E-state index in [0.29, 0.717) is 6.54 Å². The van der Waals surface area contributed by atoms with E-state index < -0.39 is 0 Å². The molecule has 1 aromatic carbocycles. The van der Waals surface area contributed by atoms with Crippen LogP contribution in [0, 0.1) is 5.92 Å². The van der Waals surface area contributed by atoms with Gasteiger partial charge in [0.15, 0.2) is 5.13 Å². The van der Waals surface area contributed by atoms with E-state index in [4.69, 9.17) is 0 Å². The van der Waals surface area contributed by atoms with Crippen LogP contribution in [0.15, 0.2) is 24.3 Å². The van der Waals surface area contributed by atoms with Gasteiger partial charge in [0.1, 0.15) is 0 Å². The van der Waals surface area contributed by atoms with Gasteiger partial charge >= 0.3 is 0 Å². The molecule has 1 heterocycles. The number of rotatable bonds is 5. The van der Waals surface area contributed by atoms with E-state index in [-0.39, 0.29) is 24.2 Å². The number of carbonyl (C=O) groups excluding carboxylic acids is 1. The van der Waals surface area contributed by atoms with Crippen LogP contribution in [-0.2, 0) is 4.79 Å². The number of carbonyl (C=O) groups is 1. The minimum atomic E-state index is -0.0239. The van der Waals surface area contributed by atoms with Crippen LogP contribution in [0.25, 0.3) is 10.2 Å². The van der Waals surface area contributed by atoms with Crippen molar-refractivity contribution >= 4 is 45.0 Å². The first-order valence-corrected chi connectivity index (χ1v) is 7.62. The molecule has 0 N–H and O–H groups in total. The highest BCUT2D eigenvalue weighted by atomic mass is 35.5. The van der Waals surface area contributed by atoms with Crippen molar-refractivity contribution in [1.29, 1.82) is 0 Å². The minimum Gasteiger partial charge on any atom is -0.308 e. The smallest absolute Gasteiger partial charge is 0.231 e. The quantitative estimate of drug-likeness (QED) is 0.845. The van der Waals surface area contributed by atoms with Gasteiger partial charge < -0.3 is 4.90 Å². The fraction of sp³-hybridized carbons (Fsp3) is 0.467. The van der Waals surface area contributed by atoms with Crippen molar-refractivity contribution in [1.82, 2.24) is 9.88 Å². The van der Waals surface area contributed by atoms with Crippen molar-refractivity contribution in [3.05, 3.63) is 24.3 Å². The highest BCUT2D eigenvalue weighted by Crippen LogP contribution is 2.29. The molecular weight excluding hydrogens is 306 g/mol. The molecule has 4 nitrogen and oxygen atoms in total. The molecule has 6 heteroatoms. The van der Waals surface area contributed by atoms with Gasteiger partial charge in [0.05, 0.1) is 10.2 Å². The van der Waals surface area contributed by atoms with E-state index in [9.17, 15) is 4.79 Å². The predicted octanol–water partition coefficient (Wildman–Crippen LogP) is 3.27. The molecule has 0 atom stereocenters. The molecule has 0 saturated carbocycles. The van der Waals surface area contributed by atoms with E-state index in [1.807, 2.05) is 57.1 Å². The number of thiazole rings is 1. The molecule has 0 saturated heterocycles. The number of aromatic nitrogens is 1. The first kappa shape index (κ1) is 17.9. The lowest BCUT2D eigenvalue weighted by Gasteiger charge is -2.23. The third-order valence-electron chi connectivity index (χ3n) is 3.04. The van der Waals surface area contributed by atoms with Gasteiger partial charge in [0.25, 0.3) is 0 Å². The number of para-hydroxylation sites is 1. The fourth-order valence-electron chi connectivity index (χ4n) is 1.89. The number of hydrogen-bond donors (Lipinski definition) is 0. The number of nitrogens with zero attached hydrogens (tertiary/aromatic N) is 3. The lowest BCUT2D eigenvalue weighted by molar-refractivity contribution is -0.121. The van der Waals surface area contributed by atoms with Gasteiger partial charge in [-0.05, 0) is 26.2 Å². The molecule has 1 amide bonds. The summed E-state index contributed by atoms with van der Waals surface area (Å²) in [5.41, 5.74) is 0.957. The summed E-state index contributed by atoms with van der Waals surface area (Å²) in [6.45, 7) is 5.36. The van der Waals surface area contributed by atoms with Crippen LogP contribution in [0.5, 0.6) is 0 Å². The summed E-state index contributed by atoms with van der Waals surface area (Å²) in [4.78, 5) is 20.9. The Morgan fingerprint density at radius 3 is 2.48 bits per heavy atom. The van der Waals surface area contributed by atoms with Crippen molar-refractivity contribution < 1.29 is 4.79 Å². The number of fused-ring (bicyclic) bond motifs is 1. The summed E-state index contributed by atoms with van der Waals surface area (Å²) in [7, 11) is 4.02. The summed E-state index contributed by atoms with van der Waals surface area (Å²) in [6.07, 6.45) is 0. The van der Waals surface area contributed by atoms with Gasteiger partial charge in [-0.3, -0.25) is 9.69 Å². The average Bonchev–Trinajstić information content (AvgIpc) is 2.81. The predicted molar refractivity (Wildman–Crippen MR) is 92.6 cm³/mol. The Kier molecular flexibility index (Phi) is 6.58. The Bertz CT molecular complexity index is 564. The Morgan fingerprint density at radius 2 is 1.90 bits per heavy atom. The second-order valence-corrected chi connectivity index (χ2v) is 6.42. The zero-order valence-corrected chi connectivity index (χ0v) is 14.5. The molecule has 1 aromatic heterocycles. The maximum Gasteiger partial charge on any atom is 0.231 e. The number of benzene rings is 1. The minimum absolute atomic E-state index is 0. The van der Waals surface area contributed by atoms with Crippen molar-refractivity contribution in [3.8, 4) is 0 Å². The largest absolute Gasteiger partial charge is 0.308 e. The number of hydrogen-bond acceptors (Lipinski definition) is 4. The van der Waals surface area contributed by atoms with Crippen molar-refractivity contribution in [3.63, 3.8) is 0 Å². The maximum absolute atomic E-state index is 12.4. The van der Waals surface area contributed by atoms with Crippen molar-refractivity contribution in [2.24, 2.45) is 5.92 Å². The van der Waals surface area contributed by atoms with Crippen molar-refractivity contribution in [2.75, 3.05) is 32.1 Å². The Morgan fingerprint density at radius 1 is 1.24 bits per heavy atom. The molecule has 2 aromatic rings. The highest BCUT2D eigenvalue weighted by Gasteiger charge is 2.21. The van der Waals surface area contributed by atoms with Gasteiger partial charge in [0, 0.05) is 19.0 Å². The monoisotopic (exact) mass is 327 g/mol. The molecule has 0 radical (unpaired) electrons. The molecule has 0 spiro atoms. The summed E-state index contributed by atoms with van der Waals surface area (Å²) in [5.74, 6) is 0.107. The van der Waals surface area contributed by atoms with Crippen LogP contribution in [0.2, 0.25) is 0 Å². The lowest BCUT2D eigenvalue weighted by Crippen LogP contribution is -2.39. The van der Waals surface area contributed by atoms with Gasteiger partial charge in [0.2, 0.25) is 5.91 Å². The van der Waals surface area contributed by atoms with Crippen LogP contribution >= 0.6 is 23.7 Å². The normalized spacial score (nSPS) is 11.0. The summed E-state index contributed by atoms with van der Waals surface area (Å²) in [5, 5.41) is 0.798. The van der Waals surface area contributed by atoms with Crippen LogP contribution in [0.4, 0.5) is 5.13 Å². The highest BCUT2D eigenvalue weighted by molar-refractivity contribution is 7.22. The molecular formula is C15H22ClN3OS. The SMILES string of the molecule is CC(C)C(=O)N(CCN(C)C)c1nc2ccccc2s1.Cl. The molecule has 0 unspecified atom stereocenters. The van der Waals surface area contributed by atoms with Gasteiger partial charge in [-0.15, -0.1) is 12.4 Å². The van der Waals surface area contributed by atoms with E-state index >= 15 is 0 Å². The van der Waals surface area contributed by atoms with Gasteiger partial charge in [-0.25, -0.2) is 4.98 Å². The molecule has 0 fully saturated rings. The Balaban J connectivity index is 0.00000220. The maximum atomic E-state index is 12.4. The number of likely N-dealkylation sites (N-methyl/N-ethyl adjacent to an activating group) is 1. The molecule has 0 aliphatic rings. The summed E-state index contributed by atoms with van der Waals surface area (Å²) >= 11 is 1.58. The second kappa shape index (κ2) is 7.73. The third kappa shape index (κ3) is 4.40. The summed E-state index contributed by atoms with van der Waals surface area (Å²) in [6, 6.07) is 8.00. The van der Waals surface area contributed by atoms with Crippen LogP contribution < -0.4 is 4.90 Å². The fourth-order valence-corrected chi connectivity index (χ4v) is 2.88. The van der Waals surface area contributed by atoms with Crippen LogP contribution in [-0.4, -0.2) is 43.0 Å². The number of amides is 1. The van der Waals surface area contributed by atoms with E-state index in [1.54, 1.807) is 11.3 Å². The first-order chi connectivity index (χ1) is 9.49. The molecule has 2 rings (SSSR count). The Hall–Kier alpha value is -1.17. The number of halogens is 1. The average molecular weight is 328 g/mol. The van der Waals surface area contributed by atoms with E-state index in [2.05, 4.69) is 9.88 Å². The zero-order valence-electron chi connectivity index (χ0n) is 12.9. The molecule has 0 aliphatic carbocycles. The molecule has 21 heavy (non-hydrogen) atoms. The number of anilines is 1. The van der Waals surface area contributed by atoms with Crippen LogP contribution in [0.1, 0.15) is 13.8 Å². The molecule has 0 bridgehead atoms. The van der Waals surface area contributed by atoms with Crippen molar-refractivity contribution in [2.45, 2.75) is 13.8 Å². The topological polar surface area (TPSA) is 36.4 Å². The van der Waals surface area contributed by atoms with Gasteiger partial charge in [-0.2, -0.15) is 0 Å². The zero-order chi connectivity index (χ0) is 14.7. The summed E-state index contributed by atoms with van der Waals surface area (Å²) < 4.78 is 1.12. The Labute approximate surface area is 136 Å². The second-order valence-electron chi connectivity index (χ2n) is 5.41. The lowest BCUT2D eigenvalue weighted by atomic mass is 10.2. The molecule has 116 valence electrons.